The molecule has 0 amide bonds. The molecule has 0 aromatic heterocycles. The fraction of sp³-hybridized carbons (Fsp3) is 0.692. The highest BCUT2D eigenvalue weighted by Crippen LogP contribution is 2.68. The summed E-state index contributed by atoms with van der Waals surface area (Å²) in [5.41, 5.74) is -1.76. The largest absolute Gasteiger partial charge is 0.461 e. The number of hydrogen-bond acceptors (Lipinski definition) is 10. The Balaban J connectivity index is 1.61. The molecule has 270 valence electrons. The summed E-state index contributed by atoms with van der Waals surface area (Å²) in [6.07, 6.45) is -2.41. The maximum Gasteiger partial charge on any atom is 0.350 e. The Hall–Kier alpha value is -3.08. The number of likely N-dealkylation sites (N-methyl/N-ethyl adjacent to an activating group) is 1. The molecular formula is C39H55NO9. The molecule has 1 saturated heterocycles. The van der Waals surface area contributed by atoms with Crippen LogP contribution < -0.4 is 5.32 Å². The lowest BCUT2D eigenvalue weighted by atomic mass is 9.40. The van der Waals surface area contributed by atoms with Crippen LogP contribution in [0.4, 0.5) is 0 Å². The fourth-order valence-electron chi connectivity index (χ4n) is 10.3. The van der Waals surface area contributed by atoms with E-state index < -0.39 is 75.9 Å². The smallest absolute Gasteiger partial charge is 0.350 e. The average Bonchev–Trinajstić information content (AvgIpc) is 3.06. The Labute approximate surface area is 290 Å². The molecule has 1 heterocycles. The Bertz CT molecular complexity index is 1500. The van der Waals surface area contributed by atoms with Gasteiger partial charge in [-0.2, -0.15) is 0 Å². The monoisotopic (exact) mass is 681 g/mol. The van der Waals surface area contributed by atoms with E-state index in [4.69, 9.17) is 18.9 Å². The van der Waals surface area contributed by atoms with E-state index in [0.717, 1.165) is 5.56 Å². The Morgan fingerprint density at radius 2 is 1.65 bits per heavy atom. The maximum absolute atomic E-state index is 15.1. The van der Waals surface area contributed by atoms with Crippen molar-refractivity contribution in [3.63, 3.8) is 0 Å². The van der Waals surface area contributed by atoms with Crippen LogP contribution in [0.1, 0.15) is 99.6 Å². The fourth-order valence-corrected chi connectivity index (χ4v) is 10.3. The molecule has 11 atom stereocenters. The molecule has 1 aromatic rings. The zero-order valence-corrected chi connectivity index (χ0v) is 30.8. The van der Waals surface area contributed by atoms with Crippen molar-refractivity contribution in [1.29, 1.82) is 0 Å². The van der Waals surface area contributed by atoms with Crippen molar-refractivity contribution in [3.8, 4) is 0 Å². The molecule has 2 N–H and O–H groups in total. The van der Waals surface area contributed by atoms with Gasteiger partial charge in [-0.25, -0.2) is 4.79 Å². The van der Waals surface area contributed by atoms with Crippen molar-refractivity contribution in [1.82, 2.24) is 5.32 Å². The summed E-state index contributed by atoms with van der Waals surface area (Å²) in [4.78, 5) is 54.6. The molecule has 1 aromatic carbocycles. The molecule has 49 heavy (non-hydrogen) atoms. The zero-order valence-electron chi connectivity index (χ0n) is 30.8. The average molecular weight is 682 g/mol. The molecule has 0 spiro atoms. The quantitative estimate of drug-likeness (QED) is 0.202. The maximum atomic E-state index is 15.1. The van der Waals surface area contributed by atoms with Crippen LogP contribution in [0.3, 0.4) is 0 Å². The highest BCUT2D eigenvalue weighted by Gasteiger charge is 2.73. The van der Waals surface area contributed by atoms with Gasteiger partial charge in [0.05, 0.1) is 29.8 Å². The van der Waals surface area contributed by atoms with Crippen LogP contribution in [0.2, 0.25) is 0 Å². The van der Waals surface area contributed by atoms with Crippen LogP contribution in [-0.2, 0) is 38.1 Å². The first kappa shape index (κ1) is 37.2. The van der Waals surface area contributed by atoms with Gasteiger partial charge in [0.15, 0.2) is 0 Å². The lowest BCUT2D eigenvalue weighted by Gasteiger charge is -2.69. The molecule has 4 aliphatic rings. The van der Waals surface area contributed by atoms with Gasteiger partial charge >= 0.3 is 17.9 Å². The summed E-state index contributed by atoms with van der Waals surface area (Å²) in [7, 11) is 1.69. The van der Waals surface area contributed by atoms with Crippen molar-refractivity contribution in [3.05, 3.63) is 47.0 Å². The number of carbonyl (C=O) groups is 4. The first-order chi connectivity index (χ1) is 22.9. The zero-order chi connectivity index (χ0) is 36.3. The second-order valence-corrected chi connectivity index (χ2v) is 15.7. The highest BCUT2D eigenvalue weighted by atomic mass is 16.6. The predicted molar refractivity (Wildman–Crippen MR) is 182 cm³/mol. The number of benzene rings is 1. The van der Waals surface area contributed by atoms with Gasteiger partial charge in [-0.15, -0.1) is 0 Å². The summed E-state index contributed by atoms with van der Waals surface area (Å²) >= 11 is 0. The Morgan fingerprint density at radius 1 is 1.02 bits per heavy atom. The SMILES string of the molecule is CCC(=O)O[C@H]1C[C@H]2OC[C@@]2(C)[C@H]2[C@H](C)[C@]3(O)C[C@H](OC(=O)[C@H](OC(=O)CC)[C@@H](NC)c4ccccc4)C(C)=C([C@@H](C)C(=O)[C@]12C)C3(C)C. The Kier molecular flexibility index (Phi) is 10.0. The number of fused-ring (bicyclic) bond motifs is 5. The lowest BCUT2D eigenvalue weighted by Crippen LogP contribution is -2.74. The molecule has 1 aliphatic heterocycles. The molecule has 2 bridgehead atoms. The molecule has 2 saturated carbocycles. The van der Waals surface area contributed by atoms with Crippen LogP contribution in [0.15, 0.2) is 41.5 Å². The third kappa shape index (κ3) is 5.66. The molecule has 10 heteroatoms. The van der Waals surface area contributed by atoms with Gasteiger partial charge < -0.3 is 29.4 Å². The summed E-state index contributed by atoms with van der Waals surface area (Å²) in [6.45, 7) is 17.5. The van der Waals surface area contributed by atoms with Crippen molar-refractivity contribution in [2.24, 2.45) is 34.0 Å². The molecule has 5 rings (SSSR count). The second kappa shape index (κ2) is 13.2. The highest BCUT2D eigenvalue weighted by molar-refractivity contribution is 5.91. The number of aliphatic hydroxyl groups is 1. The summed E-state index contributed by atoms with van der Waals surface area (Å²) in [5, 5.41) is 16.3. The molecular weight excluding hydrogens is 626 g/mol. The van der Waals surface area contributed by atoms with Gasteiger partial charge in [-0.3, -0.25) is 14.4 Å². The predicted octanol–water partition coefficient (Wildman–Crippen LogP) is 5.27. The van der Waals surface area contributed by atoms with E-state index in [1.807, 2.05) is 71.9 Å². The number of esters is 3. The third-order valence-electron chi connectivity index (χ3n) is 12.9. The van der Waals surface area contributed by atoms with Gasteiger partial charge in [0, 0.05) is 42.4 Å². The van der Waals surface area contributed by atoms with E-state index in [-0.39, 0.29) is 37.1 Å². The summed E-state index contributed by atoms with van der Waals surface area (Å²) < 4.78 is 24.2. The number of ether oxygens (including phenoxy) is 4. The minimum Gasteiger partial charge on any atom is -0.461 e. The Morgan fingerprint density at radius 3 is 2.20 bits per heavy atom. The van der Waals surface area contributed by atoms with E-state index in [9.17, 15) is 19.5 Å². The van der Waals surface area contributed by atoms with Crippen LogP contribution in [-0.4, -0.2) is 72.5 Å². The van der Waals surface area contributed by atoms with Gasteiger partial charge in [-0.1, -0.05) is 78.8 Å². The second-order valence-electron chi connectivity index (χ2n) is 15.7. The van der Waals surface area contributed by atoms with Gasteiger partial charge in [0.2, 0.25) is 6.10 Å². The van der Waals surface area contributed by atoms with Crippen LogP contribution in [0, 0.1) is 34.0 Å². The molecule has 3 fully saturated rings. The van der Waals surface area contributed by atoms with Crippen LogP contribution >= 0.6 is 0 Å². The minimum absolute atomic E-state index is 0.0599. The van der Waals surface area contributed by atoms with Gasteiger partial charge in [-0.05, 0) is 49.4 Å². The van der Waals surface area contributed by atoms with Crippen molar-refractivity contribution < 1.29 is 43.2 Å². The minimum atomic E-state index is -1.45. The van der Waals surface area contributed by atoms with E-state index in [0.29, 0.717) is 24.2 Å². The first-order valence-electron chi connectivity index (χ1n) is 17.8. The molecule has 0 unspecified atom stereocenters. The normalized spacial score (nSPS) is 37.7. The van der Waals surface area contributed by atoms with Crippen LogP contribution in [0.5, 0.6) is 0 Å². The summed E-state index contributed by atoms with van der Waals surface area (Å²) in [5.74, 6) is -3.33. The third-order valence-corrected chi connectivity index (χ3v) is 12.9. The number of nitrogens with one attached hydrogen (secondary N) is 1. The van der Waals surface area contributed by atoms with Crippen molar-refractivity contribution >= 4 is 23.7 Å². The van der Waals surface area contributed by atoms with E-state index >= 15 is 4.79 Å². The van der Waals surface area contributed by atoms with Gasteiger partial charge in [0.25, 0.3) is 0 Å². The van der Waals surface area contributed by atoms with Crippen molar-refractivity contribution in [2.75, 3.05) is 13.7 Å². The molecule has 0 radical (unpaired) electrons. The van der Waals surface area contributed by atoms with E-state index in [2.05, 4.69) is 12.2 Å². The molecule has 3 aliphatic carbocycles. The van der Waals surface area contributed by atoms with Crippen molar-refractivity contribution in [2.45, 2.75) is 124 Å². The first-order valence-corrected chi connectivity index (χ1v) is 17.8. The number of hydrogen-bond donors (Lipinski definition) is 2. The number of carbonyl (C=O) groups excluding carboxylic acids is 4. The van der Waals surface area contributed by atoms with Crippen LogP contribution in [0.25, 0.3) is 0 Å². The molecule has 10 nitrogen and oxygen atoms in total. The topological polar surface area (TPSA) is 137 Å². The number of rotatable bonds is 9. The van der Waals surface area contributed by atoms with E-state index in [1.165, 1.54) is 0 Å². The number of Topliss-reactive ketones (excluding diaryl/α,β-unsaturated/α-hetero) is 1. The summed E-state index contributed by atoms with van der Waals surface area (Å²) in [6, 6.07) is 8.55. The van der Waals surface area contributed by atoms with Gasteiger partial charge in [0.1, 0.15) is 18.0 Å². The standard InChI is InChI=1S/C39H55NO9/c1-11-28(41)48-27-18-26-37(8,20-46-26)33-23(5)39(45)19-25(21(3)30(36(39,6)7)22(4)34(43)38(27,33)9)47-35(44)32(49-29(42)12-2)31(40-10)24-16-14-13-15-17-24/h13-17,22-23,25-27,31-33,40,45H,11-12,18-20H2,1-10H3/t22-,23+,25+,26-,27+,31+,32-,33-,37-,38-,39-/m1/s1. The number of ketones is 1. The lowest BCUT2D eigenvalue weighted by molar-refractivity contribution is -0.303. The van der Waals surface area contributed by atoms with E-state index in [1.54, 1.807) is 20.9 Å².